The third kappa shape index (κ3) is 6.56. The fraction of sp³-hybridized carbons (Fsp3) is 0.259. The highest BCUT2D eigenvalue weighted by atomic mass is 19.4. The van der Waals surface area contributed by atoms with Crippen LogP contribution >= 0.6 is 0 Å². The Morgan fingerprint density at radius 2 is 1.58 bits per heavy atom. The smallest absolute Gasteiger partial charge is 0.416 e. The van der Waals surface area contributed by atoms with Crippen molar-refractivity contribution in [3.8, 4) is 11.5 Å². The molecule has 0 unspecified atom stereocenters. The van der Waals surface area contributed by atoms with Crippen LogP contribution < -0.4 is 19.7 Å². The van der Waals surface area contributed by atoms with E-state index in [4.69, 9.17) is 9.47 Å². The number of methoxy groups -OCH3 is 2. The number of carbonyl (C=O) groups excluding carboxylic acids is 2. The molecule has 190 valence electrons. The quantitative estimate of drug-likeness (QED) is 0.394. The molecule has 0 bridgehead atoms. The lowest BCUT2D eigenvalue weighted by molar-refractivity contribution is -0.137. The van der Waals surface area contributed by atoms with Crippen molar-refractivity contribution in [2.24, 2.45) is 0 Å². The van der Waals surface area contributed by atoms with Gasteiger partial charge in [-0.2, -0.15) is 13.2 Å². The van der Waals surface area contributed by atoms with Crippen molar-refractivity contribution in [3.63, 3.8) is 0 Å². The third-order valence-electron chi connectivity index (χ3n) is 5.56. The maximum absolute atomic E-state index is 13.3. The van der Waals surface area contributed by atoms with Crippen LogP contribution in [0.1, 0.15) is 38.3 Å². The molecule has 6 nitrogen and oxygen atoms in total. The molecule has 3 aromatic carbocycles. The van der Waals surface area contributed by atoms with Gasteiger partial charge in [0, 0.05) is 36.0 Å². The van der Waals surface area contributed by atoms with Crippen LogP contribution in [-0.2, 0) is 6.18 Å². The maximum atomic E-state index is 13.3. The lowest BCUT2D eigenvalue weighted by atomic mass is 10.1. The van der Waals surface area contributed by atoms with E-state index in [1.54, 1.807) is 49.4 Å². The molecule has 0 radical (unpaired) electrons. The zero-order chi connectivity index (χ0) is 26.3. The normalized spacial score (nSPS) is 11.1. The monoisotopic (exact) mass is 500 g/mol. The van der Waals surface area contributed by atoms with Gasteiger partial charge in [0.1, 0.15) is 11.5 Å². The Bertz CT molecular complexity index is 1210. The van der Waals surface area contributed by atoms with Crippen LogP contribution in [-0.4, -0.2) is 39.1 Å². The first-order chi connectivity index (χ1) is 17.1. The summed E-state index contributed by atoms with van der Waals surface area (Å²) in [6.45, 7) is 2.05. The van der Waals surface area contributed by atoms with Crippen molar-refractivity contribution in [2.45, 2.75) is 19.5 Å². The largest absolute Gasteiger partial charge is 0.497 e. The number of nitrogens with zero attached hydrogens (tertiary/aromatic N) is 1. The second-order valence-electron chi connectivity index (χ2n) is 8.03. The molecule has 0 saturated heterocycles. The average Bonchev–Trinajstić information content (AvgIpc) is 2.87. The third-order valence-corrected chi connectivity index (χ3v) is 5.56. The molecule has 0 heterocycles. The number of aryl methyl sites for hydroxylation is 1. The van der Waals surface area contributed by atoms with E-state index in [1.807, 2.05) is 0 Å². The molecule has 3 aromatic rings. The topological polar surface area (TPSA) is 67.9 Å². The number of anilines is 1. The van der Waals surface area contributed by atoms with Gasteiger partial charge in [-0.1, -0.05) is 24.3 Å². The number of carbonyl (C=O) groups is 2. The van der Waals surface area contributed by atoms with Crippen molar-refractivity contribution < 1.29 is 32.2 Å². The van der Waals surface area contributed by atoms with Crippen LogP contribution in [0.5, 0.6) is 11.5 Å². The fourth-order valence-corrected chi connectivity index (χ4v) is 3.64. The molecular weight excluding hydrogens is 473 g/mol. The Balaban J connectivity index is 1.77. The van der Waals surface area contributed by atoms with Crippen molar-refractivity contribution in [1.29, 1.82) is 0 Å². The molecule has 36 heavy (non-hydrogen) atoms. The minimum absolute atomic E-state index is 0.0934. The summed E-state index contributed by atoms with van der Waals surface area (Å²) in [6, 6.07) is 16.3. The predicted octanol–water partition coefficient (Wildman–Crippen LogP) is 5.50. The van der Waals surface area contributed by atoms with E-state index in [1.165, 1.54) is 31.3 Å². The van der Waals surface area contributed by atoms with Gasteiger partial charge >= 0.3 is 6.18 Å². The van der Waals surface area contributed by atoms with Crippen molar-refractivity contribution in [3.05, 3.63) is 89.0 Å². The van der Waals surface area contributed by atoms with Gasteiger partial charge in [0.15, 0.2) is 0 Å². The van der Waals surface area contributed by atoms with Gasteiger partial charge in [-0.3, -0.25) is 9.59 Å². The summed E-state index contributed by atoms with van der Waals surface area (Å²) in [5, 5.41) is 2.77. The van der Waals surface area contributed by atoms with Gasteiger partial charge in [0.05, 0.1) is 19.8 Å². The minimum Gasteiger partial charge on any atom is -0.497 e. The summed E-state index contributed by atoms with van der Waals surface area (Å²) in [6.07, 6.45) is -4.24. The number of alkyl halides is 3. The van der Waals surface area contributed by atoms with Gasteiger partial charge < -0.3 is 19.7 Å². The van der Waals surface area contributed by atoms with Crippen LogP contribution in [0, 0.1) is 6.92 Å². The fourth-order valence-electron chi connectivity index (χ4n) is 3.64. The molecule has 2 amide bonds. The number of benzene rings is 3. The lowest BCUT2D eigenvalue weighted by Gasteiger charge is -2.25. The predicted molar refractivity (Wildman–Crippen MR) is 131 cm³/mol. The summed E-state index contributed by atoms with van der Waals surface area (Å²) in [5.41, 5.74) is 0.712. The molecule has 0 atom stereocenters. The average molecular weight is 501 g/mol. The van der Waals surface area contributed by atoms with Gasteiger partial charge in [0.2, 0.25) is 0 Å². The molecule has 0 aliphatic rings. The highest BCUT2D eigenvalue weighted by molar-refractivity contribution is 6.07. The summed E-state index contributed by atoms with van der Waals surface area (Å²) in [4.78, 5) is 27.3. The number of rotatable bonds is 9. The molecule has 1 N–H and O–H groups in total. The lowest BCUT2D eigenvalue weighted by Crippen LogP contribution is -2.35. The zero-order valence-electron chi connectivity index (χ0n) is 20.2. The number of halogens is 3. The van der Waals surface area contributed by atoms with Crippen LogP contribution in [0.25, 0.3) is 0 Å². The Kier molecular flexibility index (Phi) is 8.58. The van der Waals surface area contributed by atoms with Crippen LogP contribution in [0.15, 0.2) is 66.7 Å². The maximum Gasteiger partial charge on any atom is 0.416 e. The molecule has 0 spiro atoms. The second kappa shape index (κ2) is 11.6. The Hall–Kier alpha value is -4.01. The van der Waals surface area contributed by atoms with E-state index >= 15 is 0 Å². The van der Waals surface area contributed by atoms with Crippen molar-refractivity contribution >= 4 is 17.5 Å². The van der Waals surface area contributed by atoms with Crippen molar-refractivity contribution in [2.75, 3.05) is 32.2 Å². The molecule has 0 aliphatic carbocycles. The van der Waals surface area contributed by atoms with Crippen molar-refractivity contribution in [1.82, 2.24) is 5.32 Å². The van der Waals surface area contributed by atoms with Gasteiger partial charge in [-0.15, -0.1) is 0 Å². The summed E-state index contributed by atoms with van der Waals surface area (Å²) in [7, 11) is 2.95. The van der Waals surface area contributed by atoms with E-state index in [0.717, 1.165) is 12.1 Å². The van der Waals surface area contributed by atoms with Crippen LogP contribution in [0.3, 0.4) is 0 Å². The zero-order valence-corrected chi connectivity index (χ0v) is 20.2. The van der Waals surface area contributed by atoms with E-state index in [-0.39, 0.29) is 24.7 Å². The van der Waals surface area contributed by atoms with Gasteiger partial charge in [-0.05, 0) is 55.3 Å². The number of nitrogens with one attached hydrogen (secondary N) is 1. The first kappa shape index (κ1) is 26.6. The molecule has 9 heteroatoms. The Morgan fingerprint density at radius 3 is 2.19 bits per heavy atom. The number of ether oxygens (including phenoxy) is 2. The second-order valence-corrected chi connectivity index (χ2v) is 8.03. The first-order valence-electron chi connectivity index (χ1n) is 11.2. The van der Waals surface area contributed by atoms with E-state index < -0.39 is 17.6 Å². The SMILES string of the molecule is COc1cc(OC)cc(C(=O)NCCCN(C(=O)c2ccccc2C)c2cccc(C(F)(F)F)c2)c1. The van der Waals surface area contributed by atoms with Crippen LogP contribution in [0.4, 0.5) is 18.9 Å². The Labute approximate surface area is 207 Å². The molecule has 0 fully saturated rings. The van der Waals surface area contributed by atoms with Gasteiger partial charge in [0.25, 0.3) is 11.8 Å². The van der Waals surface area contributed by atoms with E-state index in [0.29, 0.717) is 34.6 Å². The van der Waals surface area contributed by atoms with Crippen LogP contribution in [0.2, 0.25) is 0 Å². The number of amides is 2. The molecule has 0 aliphatic heterocycles. The molecule has 3 rings (SSSR count). The first-order valence-corrected chi connectivity index (χ1v) is 11.2. The standard InChI is InChI=1S/C27H27F3N2O4/c1-18-8-4-5-11-24(18)26(34)32(21-10-6-9-20(16-21)27(28,29)30)13-7-12-31-25(33)19-14-22(35-2)17-23(15-19)36-3/h4-6,8-11,14-17H,7,12-13H2,1-3H3,(H,31,33). The summed E-state index contributed by atoms with van der Waals surface area (Å²) >= 11 is 0. The highest BCUT2D eigenvalue weighted by Gasteiger charge is 2.31. The molecule has 0 aromatic heterocycles. The molecule has 0 saturated carbocycles. The van der Waals surface area contributed by atoms with E-state index in [9.17, 15) is 22.8 Å². The minimum atomic E-state index is -4.54. The van der Waals surface area contributed by atoms with Gasteiger partial charge in [-0.25, -0.2) is 0 Å². The summed E-state index contributed by atoms with van der Waals surface area (Å²) < 4.78 is 50.3. The number of hydrogen-bond donors (Lipinski definition) is 1. The Morgan fingerprint density at radius 1 is 0.917 bits per heavy atom. The highest BCUT2D eigenvalue weighted by Crippen LogP contribution is 2.32. The molecular formula is C27H27F3N2O4. The summed E-state index contributed by atoms with van der Waals surface area (Å²) in [5.74, 6) is 0.123. The van der Waals surface area contributed by atoms with E-state index in [2.05, 4.69) is 5.32 Å². The number of hydrogen-bond acceptors (Lipinski definition) is 4.